The number of rotatable bonds is 3. The standard InChI is InChI=1S/C18H18N2OS2/c1-4-19-17(21)16(23-18(19)22)11-14-6-5-9-20(14)15-8-7-12(2)10-13(15)3/h5-11H,4H2,1-3H3/b16-11-. The fourth-order valence-corrected chi connectivity index (χ4v) is 4.08. The molecule has 0 atom stereocenters. The summed E-state index contributed by atoms with van der Waals surface area (Å²) in [7, 11) is 0. The Kier molecular flexibility index (Phi) is 4.41. The van der Waals surface area contributed by atoms with Gasteiger partial charge in [0.15, 0.2) is 0 Å². The number of nitrogens with zero attached hydrogens (tertiary/aromatic N) is 2. The summed E-state index contributed by atoms with van der Waals surface area (Å²) in [5.74, 6) is -0.00382. The molecular weight excluding hydrogens is 324 g/mol. The number of thioether (sulfide) groups is 1. The van der Waals surface area contributed by atoms with Gasteiger partial charge < -0.3 is 4.57 Å². The predicted molar refractivity (Wildman–Crippen MR) is 101 cm³/mol. The molecule has 0 aliphatic carbocycles. The molecule has 118 valence electrons. The second-order valence-electron chi connectivity index (χ2n) is 5.52. The molecule has 1 amide bonds. The molecule has 1 saturated heterocycles. The highest BCUT2D eigenvalue weighted by Crippen LogP contribution is 2.32. The minimum absolute atomic E-state index is 0.00382. The number of hydrogen-bond donors (Lipinski definition) is 0. The third kappa shape index (κ3) is 2.99. The van der Waals surface area contributed by atoms with Crippen molar-refractivity contribution in [2.24, 2.45) is 0 Å². The van der Waals surface area contributed by atoms with Crippen molar-refractivity contribution >= 4 is 40.3 Å². The maximum atomic E-state index is 12.4. The number of thiocarbonyl (C=S) groups is 1. The van der Waals surface area contributed by atoms with Gasteiger partial charge in [-0.25, -0.2) is 0 Å². The van der Waals surface area contributed by atoms with Crippen molar-refractivity contribution in [3.05, 3.63) is 58.3 Å². The smallest absolute Gasteiger partial charge is 0.266 e. The zero-order valence-electron chi connectivity index (χ0n) is 13.4. The summed E-state index contributed by atoms with van der Waals surface area (Å²) in [6, 6.07) is 10.4. The number of hydrogen-bond acceptors (Lipinski definition) is 3. The molecule has 1 aromatic heterocycles. The molecule has 5 heteroatoms. The number of amides is 1. The van der Waals surface area contributed by atoms with Gasteiger partial charge in [-0.1, -0.05) is 41.7 Å². The second kappa shape index (κ2) is 6.34. The fourth-order valence-electron chi connectivity index (χ4n) is 2.71. The van der Waals surface area contributed by atoms with E-state index in [2.05, 4.69) is 36.6 Å². The van der Waals surface area contributed by atoms with Gasteiger partial charge >= 0.3 is 0 Å². The van der Waals surface area contributed by atoms with Crippen LogP contribution in [0.25, 0.3) is 11.8 Å². The molecule has 1 aliphatic heterocycles. The third-order valence-electron chi connectivity index (χ3n) is 3.86. The van der Waals surface area contributed by atoms with Crippen LogP contribution in [0.15, 0.2) is 41.4 Å². The summed E-state index contributed by atoms with van der Waals surface area (Å²) in [6.45, 7) is 6.73. The fraction of sp³-hybridized carbons (Fsp3) is 0.222. The largest absolute Gasteiger partial charge is 0.317 e. The minimum Gasteiger partial charge on any atom is -0.317 e. The molecule has 23 heavy (non-hydrogen) atoms. The number of aryl methyl sites for hydroxylation is 2. The molecule has 0 spiro atoms. The topological polar surface area (TPSA) is 25.2 Å². The average molecular weight is 342 g/mol. The van der Waals surface area contributed by atoms with Crippen LogP contribution in [0.4, 0.5) is 0 Å². The van der Waals surface area contributed by atoms with Crippen molar-refractivity contribution < 1.29 is 4.79 Å². The molecule has 3 nitrogen and oxygen atoms in total. The summed E-state index contributed by atoms with van der Waals surface area (Å²) in [4.78, 5) is 14.7. The Morgan fingerprint density at radius 2 is 2.04 bits per heavy atom. The normalized spacial score (nSPS) is 16.7. The predicted octanol–water partition coefficient (Wildman–Crippen LogP) is 4.32. The lowest BCUT2D eigenvalue weighted by atomic mass is 10.1. The van der Waals surface area contributed by atoms with Crippen molar-refractivity contribution in [1.29, 1.82) is 0 Å². The average Bonchev–Trinajstić information content (AvgIpc) is 3.05. The highest BCUT2D eigenvalue weighted by atomic mass is 32.2. The van der Waals surface area contributed by atoms with Crippen LogP contribution in [0.1, 0.15) is 23.7 Å². The van der Waals surface area contributed by atoms with Gasteiger partial charge in [-0.3, -0.25) is 9.69 Å². The zero-order chi connectivity index (χ0) is 16.6. The van der Waals surface area contributed by atoms with E-state index in [0.29, 0.717) is 15.8 Å². The first-order valence-corrected chi connectivity index (χ1v) is 8.74. The van der Waals surface area contributed by atoms with Crippen molar-refractivity contribution in [2.45, 2.75) is 20.8 Å². The molecule has 2 heterocycles. The van der Waals surface area contributed by atoms with Crippen molar-refractivity contribution in [3.63, 3.8) is 0 Å². The number of aromatic nitrogens is 1. The summed E-state index contributed by atoms with van der Waals surface area (Å²) in [6.07, 6.45) is 3.94. The molecule has 1 aliphatic rings. The molecule has 3 rings (SSSR count). The number of likely N-dealkylation sites (N-methyl/N-ethyl adjacent to an activating group) is 1. The molecule has 1 aromatic carbocycles. The van der Waals surface area contributed by atoms with E-state index in [9.17, 15) is 4.79 Å². The Hall–Kier alpha value is -1.85. The highest BCUT2D eigenvalue weighted by molar-refractivity contribution is 8.26. The van der Waals surface area contributed by atoms with E-state index < -0.39 is 0 Å². The minimum atomic E-state index is -0.00382. The summed E-state index contributed by atoms with van der Waals surface area (Å²) >= 11 is 6.64. The Morgan fingerprint density at radius 3 is 2.70 bits per heavy atom. The van der Waals surface area contributed by atoms with Crippen LogP contribution in [-0.2, 0) is 4.79 Å². The van der Waals surface area contributed by atoms with E-state index in [-0.39, 0.29) is 5.91 Å². The van der Waals surface area contributed by atoms with Crippen LogP contribution in [0.2, 0.25) is 0 Å². The Morgan fingerprint density at radius 1 is 1.26 bits per heavy atom. The van der Waals surface area contributed by atoms with E-state index in [1.54, 1.807) is 4.90 Å². The zero-order valence-corrected chi connectivity index (χ0v) is 15.0. The van der Waals surface area contributed by atoms with E-state index in [4.69, 9.17) is 12.2 Å². The monoisotopic (exact) mass is 342 g/mol. The van der Waals surface area contributed by atoms with E-state index >= 15 is 0 Å². The molecule has 0 unspecified atom stereocenters. The molecule has 0 saturated carbocycles. The van der Waals surface area contributed by atoms with Gasteiger partial charge in [-0.15, -0.1) is 0 Å². The lowest BCUT2D eigenvalue weighted by Crippen LogP contribution is -2.27. The number of carbonyl (C=O) groups is 1. The maximum Gasteiger partial charge on any atom is 0.266 e. The van der Waals surface area contributed by atoms with E-state index in [1.807, 2.05) is 31.3 Å². The Labute approximate surface area is 146 Å². The summed E-state index contributed by atoms with van der Waals surface area (Å²) in [5.41, 5.74) is 4.55. The van der Waals surface area contributed by atoms with Gasteiger partial charge in [0.25, 0.3) is 5.91 Å². The van der Waals surface area contributed by atoms with Crippen LogP contribution in [-0.4, -0.2) is 26.2 Å². The quantitative estimate of drug-likeness (QED) is 0.614. The van der Waals surface area contributed by atoms with Crippen LogP contribution in [0.3, 0.4) is 0 Å². The SMILES string of the molecule is CCN1C(=O)/C(=C/c2cccn2-c2ccc(C)cc2C)SC1=S. The van der Waals surface area contributed by atoms with Crippen LogP contribution >= 0.6 is 24.0 Å². The van der Waals surface area contributed by atoms with Gasteiger partial charge in [0.1, 0.15) is 4.32 Å². The first-order valence-electron chi connectivity index (χ1n) is 7.51. The van der Waals surface area contributed by atoms with Crippen molar-refractivity contribution in [2.75, 3.05) is 6.54 Å². The van der Waals surface area contributed by atoms with Gasteiger partial charge in [0.2, 0.25) is 0 Å². The molecule has 0 N–H and O–H groups in total. The van der Waals surface area contributed by atoms with Crippen LogP contribution in [0, 0.1) is 13.8 Å². The lowest BCUT2D eigenvalue weighted by molar-refractivity contribution is -0.121. The Balaban J connectivity index is 2.01. The van der Waals surface area contributed by atoms with Crippen molar-refractivity contribution in [3.8, 4) is 5.69 Å². The number of carbonyl (C=O) groups excluding carboxylic acids is 1. The van der Waals surface area contributed by atoms with Gasteiger partial charge in [-0.2, -0.15) is 0 Å². The number of benzene rings is 1. The van der Waals surface area contributed by atoms with Crippen molar-refractivity contribution in [1.82, 2.24) is 9.47 Å². The van der Waals surface area contributed by atoms with Gasteiger partial charge in [-0.05, 0) is 50.6 Å². The lowest BCUT2D eigenvalue weighted by Gasteiger charge is -2.11. The van der Waals surface area contributed by atoms with E-state index in [1.165, 1.54) is 22.9 Å². The molecular formula is C18H18N2OS2. The Bertz CT molecular complexity index is 820. The first kappa shape index (κ1) is 16.0. The molecule has 0 radical (unpaired) electrons. The van der Waals surface area contributed by atoms with Crippen LogP contribution in [0.5, 0.6) is 0 Å². The molecule has 2 aromatic rings. The highest BCUT2D eigenvalue weighted by Gasteiger charge is 2.30. The van der Waals surface area contributed by atoms with Crippen LogP contribution < -0.4 is 0 Å². The van der Waals surface area contributed by atoms with Gasteiger partial charge in [0.05, 0.1) is 4.91 Å². The van der Waals surface area contributed by atoms with E-state index in [0.717, 1.165) is 11.4 Å². The first-order chi connectivity index (χ1) is 11.0. The van der Waals surface area contributed by atoms with Gasteiger partial charge in [0, 0.05) is 24.1 Å². The summed E-state index contributed by atoms with van der Waals surface area (Å²) in [5, 5.41) is 0. The second-order valence-corrected chi connectivity index (χ2v) is 7.19. The molecule has 0 bridgehead atoms. The maximum absolute atomic E-state index is 12.4. The summed E-state index contributed by atoms with van der Waals surface area (Å²) < 4.78 is 2.74. The molecule has 1 fully saturated rings. The third-order valence-corrected chi connectivity index (χ3v) is 5.24.